The summed E-state index contributed by atoms with van der Waals surface area (Å²) in [7, 11) is 0. The van der Waals surface area contributed by atoms with Crippen molar-refractivity contribution in [2.45, 2.75) is 43.6 Å². The Morgan fingerprint density at radius 3 is 2.82 bits per heavy atom. The lowest BCUT2D eigenvalue weighted by Gasteiger charge is -2.26. The van der Waals surface area contributed by atoms with Gasteiger partial charge in [-0.3, -0.25) is 0 Å². The molecule has 5 atom stereocenters. The molecule has 0 radical (unpaired) electrons. The van der Waals surface area contributed by atoms with E-state index in [0.29, 0.717) is 41.8 Å². The van der Waals surface area contributed by atoms with Crippen molar-refractivity contribution in [1.82, 2.24) is 19.5 Å². The minimum atomic E-state index is -0.933. The molecule has 1 spiro atoms. The standard InChI is InChI=1S/C24H21BrCl2N4O3/c25-16-7-13-2-1-12(6-17(13)30-22(16)27)5-14-8-24(10-34-14)9-18(19(32)20(24)33)31-4-3-15-21(26)28-11-29-23(15)31/h1-4,6-7,11,14,18-20,32-33H,5,8-10H2/t14-,18+,19-,20-,24-/m0/s1. The van der Waals surface area contributed by atoms with E-state index in [-0.39, 0.29) is 12.1 Å². The molecule has 34 heavy (non-hydrogen) atoms. The van der Waals surface area contributed by atoms with Gasteiger partial charge in [-0.15, -0.1) is 0 Å². The van der Waals surface area contributed by atoms with E-state index in [9.17, 15) is 10.2 Å². The summed E-state index contributed by atoms with van der Waals surface area (Å²) in [4.78, 5) is 12.8. The molecule has 0 amide bonds. The van der Waals surface area contributed by atoms with Crippen LogP contribution in [0.25, 0.3) is 21.9 Å². The molecule has 1 aliphatic heterocycles. The minimum Gasteiger partial charge on any atom is -0.390 e. The first-order valence-electron chi connectivity index (χ1n) is 11.0. The van der Waals surface area contributed by atoms with Gasteiger partial charge in [0, 0.05) is 17.0 Å². The summed E-state index contributed by atoms with van der Waals surface area (Å²) in [6.45, 7) is 0.395. The van der Waals surface area contributed by atoms with Crippen molar-refractivity contribution >= 4 is 61.1 Å². The molecule has 0 unspecified atom stereocenters. The van der Waals surface area contributed by atoms with E-state index in [1.54, 1.807) is 0 Å². The molecule has 7 nitrogen and oxygen atoms in total. The lowest BCUT2D eigenvalue weighted by atomic mass is 9.80. The predicted octanol–water partition coefficient (Wildman–Crippen LogP) is 4.73. The third-order valence-electron chi connectivity index (χ3n) is 7.28. The maximum absolute atomic E-state index is 11.1. The molecule has 4 aromatic rings. The molecule has 2 aliphatic rings. The highest BCUT2D eigenvalue weighted by Crippen LogP contribution is 2.52. The molecule has 4 heterocycles. The zero-order chi connectivity index (χ0) is 23.6. The van der Waals surface area contributed by atoms with Crippen LogP contribution in [-0.2, 0) is 11.2 Å². The molecule has 1 aliphatic carbocycles. The first kappa shape index (κ1) is 22.6. The molecule has 1 saturated carbocycles. The van der Waals surface area contributed by atoms with Gasteiger partial charge in [0.15, 0.2) is 0 Å². The van der Waals surface area contributed by atoms with Crippen molar-refractivity contribution in [2.24, 2.45) is 5.41 Å². The molecule has 1 saturated heterocycles. The van der Waals surface area contributed by atoms with Crippen molar-refractivity contribution in [3.05, 3.63) is 63.2 Å². The highest BCUT2D eigenvalue weighted by molar-refractivity contribution is 9.10. The molecule has 176 valence electrons. The number of aromatic nitrogens is 4. The number of aliphatic hydroxyl groups is 2. The Balaban J connectivity index is 1.23. The molecule has 2 N–H and O–H groups in total. The zero-order valence-electron chi connectivity index (χ0n) is 17.9. The van der Waals surface area contributed by atoms with Crippen molar-refractivity contribution in [1.29, 1.82) is 0 Å². The Labute approximate surface area is 213 Å². The molecule has 0 bridgehead atoms. The second-order valence-corrected chi connectivity index (χ2v) is 10.9. The van der Waals surface area contributed by atoms with E-state index < -0.39 is 17.6 Å². The maximum Gasteiger partial charge on any atom is 0.145 e. The van der Waals surface area contributed by atoms with Crippen molar-refractivity contribution < 1.29 is 14.9 Å². The summed E-state index contributed by atoms with van der Waals surface area (Å²) in [6.07, 6.45) is 3.29. The van der Waals surface area contributed by atoms with E-state index in [1.807, 2.05) is 35.0 Å². The first-order chi connectivity index (χ1) is 16.3. The van der Waals surface area contributed by atoms with Crippen LogP contribution in [0.15, 0.2) is 47.3 Å². The van der Waals surface area contributed by atoms with Crippen LogP contribution < -0.4 is 0 Å². The van der Waals surface area contributed by atoms with Crippen LogP contribution >= 0.6 is 39.1 Å². The molecule has 3 aromatic heterocycles. The minimum absolute atomic E-state index is 0.0675. The summed E-state index contributed by atoms with van der Waals surface area (Å²) in [5.41, 5.74) is 2.05. The number of ether oxygens (including phenoxy) is 1. The first-order valence-corrected chi connectivity index (χ1v) is 12.6. The lowest BCUT2D eigenvalue weighted by Crippen LogP contribution is -2.37. The molecule has 2 fully saturated rings. The van der Waals surface area contributed by atoms with E-state index in [2.05, 4.69) is 36.9 Å². The van der Waals surface area contributed by atoms with Crippen molar-refractivity contribution in [2.75, 3.05) is 6.61 Å². The van der Waals surface area contributed by atoms with E-state index in [1.165, 1.54) is 6.33 Å². The largest absolute Gasteiger partial charge is 0.390 e. The second kappa shape index (κ2) is 8.40. The van der Waals surface area contributed by atoms with Crippen molar-refractivity contribution in [3.63, 3.8) is 0 Å². The van der Waals surface area contributed by atoms with Gasteiger partial charge in [-0.1, -0.05) is 35.3 Å². The van der Waals surface area contributed by atoms with E-state index in [0.717, 1.165) is 26.3 Å². The Bertz CT molecular complexity index is 1420. The number of benzene rings is 1. The third kappa shape index (κ3) is 3.63. The van der Waals surface area contributed by atoms with Gasteiger partial charge in [0.2, 0.25) is 0 Å². The Hall–Kier alpha value is -1.81. The second-order valence-electron chi connectivity index (χ2n) is 9.32. The van der Waals surface area contributed by atoms with Crippen LogP contribution in [0.4, 0.5) is 0 Å². The average Bonchev–Trinajstić information content (AvgIpc) is 3.49. The van der Waals surface area contributed by atoms with Crippen LogP contribution in [-0.4, -0.2) is 54.7 Å². The SMILES string of the molecule is O[C@H]1[C@H](n2ccc3c(Cl)ncnc32)C[C@@]2(CO[C@@H](Cc3ccc4cc(Br)c(Cl)nc4c3)C2)[C@H]1O. The Kier molecular flexibility index (Phi) is 5.59. The normalized spacial score (nSPS) is 29.1. The smallest absolute Gasteiger partial charge is 0.145 e. The number of nitrogens with zero attached hydrogens (tertiary/aromatic N) is 4. The number of rotatable bonds is 3. The highest BCUT2D eigenvalue weighted by Gasteiger charge is 2.57. The quantitative estimate of drug-likeness (QED) is 0.276. The van der Waals surface area contributed by atoms with Gasteiger partial charge in [0.1, 0.15) is 28.4 Å². The number of fused-ring (bicyclic) bond motifs is 2. The Morgan fingerprint density at radius 2 is 1.97 bits per heavy atom. The molecule has 10 heteroatoms. The maximum atomic E-state index is 11.1. The highest BCUT2D eigenvalue weighted by atomic mass is 79.9. The van der Waals surface area contributed by atoms with Crippen LogP contribution in [0.5, 0.6) is 0 Å². The van der Waals surface area contributed by atoms with Gasteiger partial charge < -0.3 is 19.5 Å². The van der Waals surface area contributed by atoms with Crippen LogP contribution in [0.1, 0.15) is 24.4 Å². The van der Waals surface area contributed by atoms with Gasteiger partial charge in [-0.25, -0.2) is 15.0 Å². The number of halogens is 3. The van der Waals surface area contributed by atoms with Gasteiger partial charge in [-0.2, -0.15) is 0 Å². The molecule has 1 aromatic carbocycles. The summed E-state index contributed by atoms with van der Waals surface area (Å²) in [5.74, 6) is 0. The van der Waals surface area contributed by atoms with Gasteiger partial charge >= 0.3 is 0 Å². The summed E-state index contributed by atoms with van der Waals surface area (Å²) in [6, 6.07) is 9.59. The zero-order valence-corrected chi connectivity index (χ0v) is 21.0. The summed E-state index contributed by atoms with van der Waals surface area (Å²) < 4.78 is 8.82. The number of hydrogen-bond donors (Lipinski definition) is 2. The monoisotopic (exact) mass is 562 g/mol. The van der Waals surface area contributed by atoms with Crippen LogP contribution in [0.3, 0.4) is 0 Å². The van der Waals surface area contributed by atoms with Gasteiger partial charge in [-0.05, 0) is 59.0 Å². The molecular weight excluding hydrogens is 543 g/mol. The fourth-order valence-electron chi connectivity index (χ4n) is 5.59. The number of hydrogen-bond acceptors (Lipinski definition) is 6. The lowest BCUT2D eigenvalue weighted by molar-refractivity contribution is -0.0308. The van der Waals surface area contributed by atoms with Crippen molar-refractivity contribution in [3.8, 4) is 0 Å². The average molecular weight is 564 g/mol. The third-order valence-corrected chi connectivity index (χ3v) is 8.70. The number of aliphatic hydroxyl groups excluding tert-OH is 2. The van der Waals surface area contributed by atoms with Gasteiger partial charge in [0.05, 0.1) is 40.2 Å². The Morgan fingerprint density at radius 1 is 1.12 bits per heavy atom. The summed E-state index contributed by atoms with van der Waals surface area (Å²) >= 11 is 15.8. The van der Waals surface area contributed by atoms with E-state index >= 15 is 0 Å². The van der Waals surface area contributed by atoms with Gasteiger partial charge in [0.25, 0.3) is 0 Å². The fourth-order valence-corrected chi connectivity index (χ4v) is 6.26. The molecule has 6 rings (SSSR count). The van der Waals surface area contributed by atoms with Crippen LogP contribution in [0.2, 0.25) is 10.3 Å². The predicted molar refractivity (Wildman–Crippen MR) is 133 cm³/mol. The fraction of sp³-hybridized carbons (Fsp3) is 0.375. The molecular formula is C24H21BrCl2N4O3. The summed E-state index contributed by atoms with van der Waals surface area (Å²) in [5, 5.41) is 24.6. The van der Waals surface area contributed by atoms with E-state index in [4.69, 9.17) is 27.9 Å². The number of pyridine rings is 1. The topological polar surface area (TPSA) is 93.3 Å². The van der Waals surface area contributed by atoms with Crippen LogP contribution in [0, 0.1) is 5.41 Å².